The standard InChI is InChI=1S/C13H14F2O3/c1-3-18-13(16)11(12(14)15)8-9-4-6-10(17-2)7-5-9/h4-7H,3,8H2,1-2H3. The van der Waals surface area contributed by atoms with Crippen LogP contribution in [-0.2, 0) is 16.0 Å². The molecule has 3 nitrogen and oxygen atoms in total. The van der Waals surface area contributed by atoms with Gasteiger partial charge in [-0.3, -0.25) is 0 Å². The van der Waals surface area contributed by atoms with Crippen molar-refractivity contribution in [3.63, 3.8) is 0 Å². The lowest BCUT2D eigenvalue weighted by atomic mass is 10.1. The predicted molar refractivity (Wildman–Crippen MR) is 62.6 cm³/mol. The fourth-order valence-corrected chi connectivity index (χ4v) is 1.38. The summed E-state index contributed by atoms with van der Waals surface area (Å²) in [5.41, 5.74) is -0.0198. The normalized spacial score (nSPS) is 9.78. The van der Waals surface area contributed by atoms with Gasteiger partial charge in [-0.15, -0.1) is 0 Å². The molecule has 0 aliphatic heterocycles. The maximum atomic E-state index is 12.7. The highest BCUT2D eigenvalue weighted by Crippen LogP contribution is 2.18. The molecule has 0 heterocycles. The number of hydrogen-bond donors (Lipinski definition) is 0. The number of esters is 1. The van der Waals surface area contributed by atoms with Gasteiger partial charge in [-0.05, 0) is 24.6 Å². The number of hydrogen-bond acceptors (Lipinski definition) is 3. The fraction of sp³-hybridized carbons (Fsp3) is 0.308. The first kappa shape index (κ1) is 14.2. The SMILES string of the molecule is CCOC(=O)C(Cc1ccc(OC)cc1)=C(F)F. The Labute approximate surface area is 104 Å². The van der Waals surface area contributed by atoms with Gasteiger partial charge in [-0.2, -0.15) is 8.78 Å². The van der Waals surface area contributed by atoms with E-state index < -0.39 is 17.6 Å². The van der Waals surface area contributed by atoms with Crippen LogP contribution in [0, 0.1) is 0 Å². The molecule has 0 amide bonds. The van der Waals surface area contributed by atoms with Gasteiger partial charge in [0.05, 0.1) is 13.7 Å². The number of carbonyl (C=O) groups is 1. The maximum absolute atomic E-state index is 12.7. The molecule has 0 spiro atoms. The summed E-state index contributed by atoms with van der Waals surface area (Å²) < 4.78 is 34.9. The largest absolute Gasteiger partial charge is 0.497 e. The number of ether oxygens (including phenoxy) is 2. The van der Waals surface area contributed by atoms with E-state index in [4.69, 9.17) is 4.74 Å². The Balaban J connectivity index is 2.84. The van der Waals surface area contributed by atoms with Crippen LogP contribution in [0.4, 0.5) is 8.78 Å². The Hall–Kier alpha value is -1.91. The summed E-state index contributed by atoms with van der Waals surface area (Å²) in [6.45, 7) is 1.64. The Bertz CT molecular complexity index is 434. The summed E-state index contributed by atoms with van der Waals surface area (Å²) >= 11 is 0. The second-order valence-electron chi connectivity index (χ2n) is 3.48. The summed E-state index contributed by atoms with van der Waals surface area (Å²) in [7, 11) is 1.51. The summed E-state index contributed by atoms with van der Waals surface area (Å²) in [6, 6.07) is 6.55. The Morgan fingerprint density at radius 2 is 1.83 bits per heavy atom. The molecule has 0 bridgehead atoms. The predicted octanol–water partition coefficient (Wildman–Crippen LogP) is 2.95. The molecule has 0 fully saturated rings. The Morgan fingerprint density at radius 3 is 2.28 bits per heavy atom. The van der Waals surface area contributed by atoms with Crippen molar-refractivity contribution in [3.05, 3.63) is 41.5 Å². The first-order chi connectivity index (χ1) is 8.58. The summed E-state index contributed by atoms with van der Waals surface area (Å²) in [5.74, 6) is -0.352. The molecule has 0 radical (unpaired) electrons. The monoisotopic (exact) mass is 256 g/mol. The molecular weight excluding hydrogens is 242 g/mol. The van der Waals surface area contributed by atoms with Crippen molar-refractivity contribution in [2.75, 3.05) is 13.7 Å². The van der Waals surface area contributed by atoms with Crippen LogP contribution in [0.15, 0.2) is 35.9 Å². The molecule has 0 unspecified atom stereocenters. The highest BCUT2D eigenvalue weighted by Gasteiger charge is 2.17. The van der Waals surface area contributed by atoms with Crippen LogP contribution in [-0.4, -0.2) is 19.7 Å². The first-order valence-electron chi connectivity index (χ1n) is 5.42. The minimum Gasteiger partial charge on any atom is -0.497 e. The quantitative estimate of drug-likeness (QED) is 0.600. The molecular formula is C13H14F2O3. The Morgan fingerprint density at radius 1 is 1.22 bits per heavy atom. The average Bonchev–Trinajstić information content (AvgIpc) is 2.36. The molecule has 98 valence electrons. The van der Waals surface area contributed by atoms with Crippen LogP contribution in [0.5, 0.6) is 5.75 Å². The van der Waals surface area contributed by atoms with Gasteiger partial charge in [0, 0.05) is 6.42 Å². The van der Waals surface area contributed by atoms with Gasteiger partial charge < -0.3 is 9.47 Å². The fourth-order valence-electron chi connectivity index (χ4n) is 1.38. The zero-order valence-corrected chi connectivity index (χ0v) is 10.2. The Kier molecular flexibility index (Phi) is 5.30. The molecule has 0 aliphatic rings. The van der Waals surface area contributed by atoms with Gasteiger partial charge in [-0.1, -0.05) is 12.1 Å². The smallest absolute Gasteiger partial charge is 0.339 e. The van der Waals surface area contributed by atoms with E-state index in [0.717, 1.165) is 0 Å². The van der Waals surface area contributed by atoms with Crippen molar-refractivity contribution >= 4 is 5.97 Å². The highest BCUT2D eigenvalue weighted by atomic mass is 19.3. The summed E-state index contributed by atoms with van der Waals surface area (Å²) in [6.07, 6.45) is -2.17. The van der Waals surface area contributed by atoms with E-state index >= 15 is 0 Å². The molecule has 1 rings (SSSR count). The van der Waals surface area contributed by atoms with Crippen LogP contribution in [0.25, 0.3) is 0 Å². The lowest BCUT2D eigenvalue weighted by Gasteiger charge is -2.06. The maximum Gasteiger partial charge on any atom is 0.339 e. The molecule has 1 aromatic carbocycles. The van der Waals surface area contributed by atoms with Gasteiger partial charge in [0.2, 0.25) is 0 Å². The van der Waals surface area contributed by atoms with E-state index in [2.05, 4.69) is 4.74 Å². The van der Waals surface area contributed by atoms with Crippen molar-refractivity contribution in [1.82, 2.24) is 0 Å². The minimum atomic E-state index is -2.01. The number of methoxy groups -OCH3 is 1. The zero-order valence-electron chi connectivity index (χ0n) is 10.2. The molecule has 1 aromatic rings. The lowest BCUT2D eigenvalue weighted by Crippen LogP contribution is -2.10. The van der Waals surface area contributed by atoms with E-state index in [1.54, 1.807) is 31.2 Å². The zero-order chi connectivity index (χ0) is 13.5. The van der Waals surface area contributed by atoms with Gasteiger partial charge in [-0.25, -0.2) is 4.79 Å². The third kappa shape index (κ3) is 3.84. The van der Waals surface area contributed by atoms with E-state index in [0.29, 0.717) is 11.3 Å². The topological polar surface area (TPSA) is 35.5 Å². The molecule has 0 saturated heterocycles. The van der Waals surface area contributed by atoms with Crippen molar-refractivity contribution in [3.8, 4) is 5.75 Å². The average molecular weight is 256 g/mol. The molecule has 0 saturated carbocycles. The van der Waals surface area contributed by atoms with E-state index in [9.17, 15) is 13.6 Å². The summed E-state index contributed by atoms with van der Waals surface area (Å²) in [5, 5.41) is 0. The molecule has 18 heavy (non-hydrogen) atoms. The van der Waals surface area contributed by atoms with Crippen LogP contribution in [0.1, 0.15) is 12.5 Å². The van der Waals surface area contributed by atoms with Crippen molar-refractivity contribution in [2.24, 2.45) is 0 Å². The van der Waals surface area contributed by atoms with E-state index in [1.807, 2.05) is 0 Å². The number of halogens is 2. The number of rotatable bonds is 5. The highest BCUT2D eigenvalue weighted by molar-refractivity contribution is 5.89. The molecule has 0 N–H and O–H groups in total. The van der Waals surface area contributed by atoms with Crippen LogP contribution >= 0.6 is 0 Å². The minimum absolute atomic E-state index is 0.0677. The van der Waals surface area contributed by atoms with Crippen LogP contribution < -0.4 is 4.74 Å². The van der Waals surface area contributed by atoms with Crippen LogP contribution in [0.3, 0.4) is 0 Å². The van der Waals surface area contributed by atoms with Gasteiger partial charge in [0.1, 0.15) is 11.3 Å². The second kappa shape index (κ2) is 6.74. The van der Waals surface area contributed by atoms with Crippen molar-refractivity contribution in [1.29, 1.82) is 0 Å². The van der Waals surface area contributed by atoms with Gasteiger partial charge in [0.15, 0.2) is 0 Å². The first-order valence-corrected chi connectivity index (χ1v) is 5.42. The van der Waals surface area contributed by atoms with E-state index in [1.165, 1.54) is 7.11 Å². The third-order valence-electron chi connectivity index (χ3n) is 2.29. The van der Waals surface area contributed by atoms with Gasteiger partial charge >= 0.3 is 5.97 Å². The molecule has 0 aliphatic carbocycles. The second-order valence-corrected chi connectivity index (χ2v) is 3.48. The molecule has 0 atom stereocenters. The van der Waals surface area contributed by atoms with Crippen LogP contribution in [0.2, 0.25) is 0 Å². The molecule has 5 heteroatoms. The number of benzene rings is 1. The van der Waals surface area contributed by atoms with E-state index in [-0.39, 0.29) is 13.0 Å². The lowest BCUT2D eigenvalue weighted by molar-refractivity contribution is -0.138. The van der Waals surface area contributed by atoms with Crippen molar-refractivity contribution in [2.45, 2.75) is 13.3 Å². The third-order valence-corrected chi connectivity index (χ3v) is 2.29. The molecule has 0 aromatic heterocycles. The van der Waals surface area contributed by atoms with Gasteiger partial charge in [0.25, 0.3) is 6.08 Å². The van der Waals surface area contributed by atoms with Crippen molar-refractivity contribution < 1.29 is 23.0 Å². The number of carbonyl (C=O) groups excluding carboxylic acids is 1. The summed E-state index contributed by atoms with van der Waals surface area (Å²) in [4.78, 5) is 11.3.